The van der Waals surface area contributed by atoms with Gasteiger partial charge in [0, 0.05) is 31.7 Å². The number of methoxy groups -OCH3 is 1. The second-order valence-electron chi connectivity index (χ2n) is 8.63. The normalized spacial score (nSPS) is 20.3. The van der Waals surface area contributed by atoms with E-state index < -0.39 is 17.7 Å². The van der Waals surface area contributed by atoms with Crippen LogP contribution >= 0.6 is 0 Å². The van der Waals surface area contributed by atoms with Gasteiger partial charge in [-0.05, 0) is 55.3 Å². The number of aliphatic hydroxyl groups excluding tert-OH is 1. The molecule has 2 heterocycles. The summed E-state index contributed by atoms with van der Waals surface area (Å²) in [4.78, 5) is 30.2. The van der Waals surface area contributed by atoms with Gasteiger partial charge in [-0.2, -0.15) is 0 Å². The zero-order chi connectivity index (χ0) is 24.9. The van der Waals surface area contributed by atoms with Crippen molar-refractivity contribution in [2.45, 2.75) is 19.9 Å². The number of carbonyl (C=O) groups is 2. The highest BCUT2D eigenvalue weighted by molar-refractivity contribution is 6.46. The topological polar surface area (TPSA) is 88.5 Å². The molecule has 0 bridgehead atoms. The minimum atomic E-state index is -0.700. The number of Topliss-reactive ketones (excluding diaryl/α,β-unsaturated/α-hetero) is 1. The highest BCUT2D eigenvalue weighted by Gasteiger charge is 2.46. The third-order valence-electron chi connectivity index (χ3n) is 6.48. The molecule has 8 heteroatoms. The molecule has 1 amide bonds. The third-order valence-corrected chi connectivity index (χ3v) is 6.48. The summed E-state index contributed by atoms with van der Waals surface area (Å²) in [7, 11) is 1.58. The molecule has 2 saturated heterocycles. The molecule has 1 unspecified atom stereocenters. The van der Waals surface area contributed by atoms with Crippen LogP contribution in [0.3, 0.4) is 0 Å². The van der Waals surface area contributed by atoms with Gasteiger partial charge in [0.15, 0.2) is 0 Å². The summed E-state index contributed by atoms with van der Waals surface area (Å²) in [6, 6.07) is 11.8. The third kappa shape index (κ3) is 5.18. The van der Waals surface area contributed by atoms with E-state index in [2.05, 4.69) is 4.90 Å². The zero-order valence-electron chi connectivity index (χ0n) is 20.5. The molecule has 2 aromatic carbocycles. The van der Waals surface area contributed by atoms with Crippen LogP contribution in [0.5, 0.6) is 11.5 Å². The highest BCUT2D eigenvalue weighted by Crippen LogP contribution is 2.40. The van der Waals surface area contributed by atoms with Gasteiger partial charge in [-0.3, -0.25) is 14.5 Å². The molecule has 2 aliphatic heterocycles. The summed E-state index contributed by atoms with van der Waals surface area (Å²) in [5.41, 5.74) is 2.10. The van der Waals surface area contributed by atoms with Gasteiger partial charge in [0.2, 0.25) is 0 Å². The minimum absolute atomic E-state index is 0.0886. The Bertz CT molecular complexity index is 1110. The number of nitrogens with zero attached hydrogens (tertiary/aromatic N) is 2. The van der Waals surface area contributed by atoms with E-state index in [1.54, 1.807) is 30.2 Å². The molecule has 0 aromatic heterocycles. The Morgan fingerprint density at radius 1 is 1.09 bits per heavy atom. The molecular weight excluding hydrogens is 448 g/mol. The van der Waals surface area contributed by atoms with Crippen molar-refractivity contribution < 1.29 is 28.9 Å². The van der Waals surface area contributed by atoms with Gasteiger partial charge in [-0.25, -0.2) is 0 Å². The molecule has 0 saturated carbocycles. The fourth-order valence-corrected chi connectivity index (χ4v) is 4.63. The van der Waals surface area contributed by atoms with Crippen molar-refractivity contribution in [2.75, 3.05) is 53.1 Å². The largest absolute Gasteiger partial charge is 0.507 e. The lowest BCUT2D eigenvalue weighted by Gasteiger charge is -2.31. The number of rotatable bonds is 8. The molecule has 4 rings (SSSR count). The Hall–Kier alpha value is -3.36. The number of ether oxygens (including phenoxy) is 3. The first-order valence-corrected chi connectivity index (χ1v) is 11.9. The molecule has 1 N–H and O–H groups in total. The molecule has 0 aliphatic carbocycles. The number of morpholine rings is 1. The van der Waals surface area contributed by atoms with Crippen molar-refractivity contribution in [1.29, 1.82) is 0 Å². The molecule has 8 nitrogen and oxygen atoms in total. The Kier molecular flexibility index (Phi) is 7.73. The number of likely N-dealkylation sites (tertiary alicyclic amines) is 1. The quantitative estimate of drug-likeness (QED) is 0.353. The van der Waals surface area contributed by atoms with Crippen LogP contribution in [0.1, 0.15) is 29.7 Å². The van der Waals surface area contributed by atoms with Crippen molar-refractivity contribution in [3.8, 4) is 11.5 Å². The SMILES string of the molecule is CCOc1ccc(C2C(=C(O)c3ccc(OC)c(C)c3)C(=O)C(=O)N2CCN2CCOCC2)cc1. The number of hydrogen-bond acceptors (Lipinski definition) is 7. The maximum atomic E-state index is 13.3. The van der Waals surface area contributed by atoms with Crippen LogP contribution in [0.15, 0.2) is 48.0 Å². The molecule has 2 aliphatic rings. The average molecular weight is 481 g/mol. The number of amides is 1. The van der Waals surface area contributed by atoms with Crippen LogP contribution in [-0.2, 0) is 14.3 Å². The molecule has 0 radical (unpaired) electrons. The van der Waals surface area contributed by atoms with E-state index in [-0.39, 0.29) is 11.3 Å². The molecule has 35 heavy (non-hydrogen) atoms. The summed E-state index contributed by atoms with van der Waals surface area (Å²) >= 11 is 0. The van der Waals surface area contributed by atoms with Crippen molar-refractivity contribution >= 4 is 17.4 Å². The van der Waals surface area contributed by atoms with Crippen LogP contribution in [-0.4, -0.2) is 79.7 Å². The minimum Gasteiger partial charge on any atom is -0.507 e. The van der Waals surface area contributed by atoms with Crippen LogP contribution < -0.4 is 9.47 Å². The molecule has 0 spiro atoms. The molecule has 1 atom stereocenters. The lowest BCUT2D eigenvalue weighted by atomic mass is 9.94. The average Bonchev–Trinajstić information content (AvgIpc) is 3.13. The molecule has 186 valence electrons. The van der Waals surface area contributed by atoms with E-state index >= 15 is 0 Å². The predicted octanol–water partition coefficient (Wildman–Crippen LogP) is 3.16. The van der Waals surface area contributed by atoms with Crippen molar-refractivity contribution in [3.63, 3.8) is 0 Å². The van der Waals surface area contributed by atoms with Gasteiger partial charge in [0.1, 0.15) is 17.3 Å². The van der Waals surface area contributed by atoms with Crippen molar-refractivity contribution in [3.05, 3.63) is 64.7 Å². The predicted molar refractivity (Wildman–Crippen MR) is 132 cm³/mol. The van der Waals surface area contributed by atoms with E-state index in [0.29, 0.717) is 50.0 Å². The van der Waals surface area contributed by atoms with E-state index in [1.807, 2.05) is 38.1 Å². The van der Waals surface area contributed by atoms with E-state index in [0.717, 1.165) is 24.2 Å². The van der Waals surface area contributed by atoms with Crippen molar-refractivity contribution in [1.82, 2.24) is 9.80 Å². The Morgan fingerprint density at radius 3 is 2.43 bits per heavy atom. The number of benzene rings is 2. The second-order valence-corrected chi connectivity index (χ2v) is 8.63. The van der Waals surface area contributed by atoms with Crippen LogP contribution in [0.2, 0.25) is 0 Å². The summed E-state index contributed by atoms with van der Waals surface area (Å²) in [6.07, 6.45) is 0. The fourth-order valence-electron chi connectivity index (χ4n) is 4.63. The number of hydrogen-bond donors (Lipinski definition) is 1. The maximum Gasteiger partial charge on any atom is 0.295 e. The van der Waals surface area contributed by atoms with Gasteiger partial charge in [-0.1, -0.05) is 12.1 Å². The van der Waals surface area contributed by atoms with Gasteiger partial charge in [0.25, 0.3) is 11.7 Å². The second kappa shape index (κ2) is 10.9. The monoisotopic (exact) mass is 480 g/mol. The maximum absolute atomic E-state index is 13.3. The van der Waals surface area contributed by atoms with Gasteiger partial charge in [-0.15, -0.1) is 0 Å². The van der Waals surface area contributed by atoms with Crippen LogP contribution in [0.4, 0.5) is 0 Å². The summed E-state index contributed by atoms with van der Waals surface area (Å²) in [5, 5.41) is 11.3. The standard InChI is InChI=1S/C27H32N2O6/c1-4-35-21-8-5-19(6-9-21)24-23(25(30)20-7-10-22(33-3)18(2)17-20)26(31)27(32)29(24)12-11-28-13-15-34-16-14-28/h5-10,17,24,30H,4,11-16H2,1-3H3. The Balaban J connectivity index is 1.73. The fraction of sp³-hybridized carbons (Fsp3) is 0.407. The molecular formula is C27H32N2O6. The van der Waals surface area contributed by atoms with Gasteiger partial charge >= 0.3 is 0 Å². The first-order valence-electron chi connectivity index (χ1n) is 11.9. The van der Waals surface area contributed by atoms with Crippen LogP contribution in [0.25, 0.3) is 5.76 Å². The summed E-state index contributed by atoms with van der Waals surface area (Å²) in [5.74, 6) is -0.106. The Labute approximate surface area is 205 Å². The zero-order valence-corrected chi connectivity index (χ0v) is 20.5. The van der Waals surface area contributed by atoms with E-state index in [1.165, 1.54) is 0 Å². The highest BCUT2D eigenvalue weighted by atomic mass is 16.5. The lowest BCUT2D eigenvalue weighted by molar-refractivity contribution is -0.140. The van der Waals surface area contributed by atoms with Crippen LogP contribution in [0, 0.1) is 6.92 Å². The van der Waals surface area contributed by atoms with Crippen molar-refractivity contribution in [2.24, 2.45) is 0 Å². The first-order chi connectivity index (χ1) is 16.9. The number of ketones is 1. The van der Waals surface area contributed by atoms with E-state index in [9.17, 15) is 14.7 Å². The van der Waals surface area contributed by atoms with Gasteiger partial charge < -0.3 is 24.2 Å². The number of carbonyl (C=O) groups excluding carboxylic acids is 2. The smallest absolute Gasteiger partial charge is 0.295 e. The number of aliphatic hydroxyl groups is 1. The molecule has 2 aromatic rings. The molecule has 2 fully saturated rings. The summed E-state index contributed by atoms with van der Waals surface area (Å²) in [6.45, 7) is 8.15. The summed E-state index contributed by atoms with van der Waals surface area (Å²) < 4.78 is 16.3. The Morgan fingerprint density at radius 2 is 1.80 bits per heavy atom. The number of aryl methyl sites for hydroxylation is 1. The van der Waals surface area contributed by atoms with Gasteiger partial charge in [0.05, 0.1) is 38.5 Å². The first kappa shape index (κ1) is 24.8. The lowest BCUT2D eigenvalue weighted by Crippen LogP contribution is -2.42. The van der Waals surface area contributed by atoms with E-state index in [4.69, 9.17) is 14.2 Å².